The van der Waals surface area contributed by atoms with E-state index in [4.69, 9.17) is 9.47 Å². The molecule has 1 amide bonds. The van der Waals surface area contributed by atoms with Gasteiger partial charge in [-0.2, -0.15) is 0 Å². The van der Waals surface area contributed by atoms with E-state index < -0.39 is 17.8 Å². The number of hydrogen-bond donors (Lipinski definition) is 1. The van der Waals surface area contributed by atoms with Crippen LogP contribution in [0.1, 0.15) is 31.2 Å². The van der Waals surface area contributed by atoms with Crippen LogP contribution in [0.15, 0.2) is 121 Å². The third-order valence-corrected chi connectivity index (χ3v) is 7.92. The number of carbonyl (C=O) groups is 3. The van der Waals surface area contributed by atoms with Crippen molar-refractivity contribution in [1.29, 1.82) is 0 Å². The van der Waals surface area contributed by atoms with Gasteiger partial charge in [0.1, 0.15) is 24.2 Å². The Hall–Kier alpha value is -5.28. The minimum Gasteiger partial charge on any atom is -0.492 e. The molecule has 5 rings (SSSR count). The number of esters is 1. The van der Waals surface area contributed by atoms with Crippen molar-refractivity contribution in [3.05, 3.63) is 148 Å². The van der Waals surface area contributed by atoms with Crippen molar-refractivity contribution >= 4 is 40.4 Å². The van der Waals surface area contributed by atoms with Gasteiger partial charge in [-0.15, -0.1) is 11.3 Å². The number of carbonyl (C=O) groups excluding carboxylic acids is 3. The zero-order valence-electron chi connectivity index (χ0n) is 24.5. The minimum absolute atomic E-state index is 0.156. The number of halogens is 1. The number of ether oxygens (including phenoxy) is 2. The lowest BCUT2D eigenvalue weighted by atomic mass is 10.00. The van der Waals surface area contributed by atoms with Gasteiger partial charge in [0.15, 0.2) is 5.78 Å². The Bertz CT molecular complexity index is 1740. The number of anilines is 2. The highest BCUT2D eigenvalue weighted by Gasteiger charge is 2.23. The van der Waals surface area contributed by atoms with Crippen LogP contribution in [-0.4, -0.2) is 44.0 Å². The van der Waals surface area contributed by atoms with Crippen LogP contribution in [-0.2, 0) is 16.0 Å². The Kier molecular flexibility index (Phi) is 10.3. The van der Waals surface area contributed by atoms with Gasteiger partial charge in [0.2, 0.25) is 0 Å². The number of nitrogens with zero attached hydrogens (tertiary/aromatic N) is 1. The molecule has 1 unspecified atom stereocenters. The van der Waals surface area contributed by atoms with Crippen molar-refractivity contribution in [2.45, 2.75) is 12.5 Å². The van der Waals surface area contributed by atoms with Crippen molar-refractivity contribution in [3.8, 4) is 5.75 Å². The maximum absolute atomic E-state index is 14.0. The average Bonchev–Trinajstić information content (AvgIpc) is 3.62. The Balaban J connectivity index is 1.24. The zero-order chi connectivity index (χ0) is 31.6. The Morgan fingerprint density at radius 3 is 2.33 bits per heavy atom. The highest BCUT2D eigenvalue weighted by Crippen LogP contribution is 2.23. The van der Waals surface area contributed by atoms with Crippen LogP contribution in [0, 0.1) is 5.82 Å². The molecule has 228 valence electrons. The van der Waals surface area contributed by atoms with E-state index in [1.165, 1.54) is 35.5 Å². The SMILES string of the molecule is COC(=O)C(Cc1ccc(OCCN(C(=O)c2cccs2)c2cccc(F)c2)cc1)Nc1ccccc1C(=O)c1ccccc1. The van der Waals surface area contributed by atoms with E-state index in [9.17, 15) is 18.8 Å². The monoisotopic (exact) mass is 622 g/mol. The van der Waals surface area contributed by atoms with Gasteiger partial charge in [-0.25, -0.2) is 9.18 Å². The van der Waals surface area contributed by atoms with Crippen LogP contribution in [0.25, 0.3) is 0 Å². The number of amides is 1. The number of thiophene rings is 1. The molecule has 45 heavy (non-hydrogen) atoms. The number of para-hydroxylation sites is 1. The van der Waals surface area contributed by atoms with Crippen LogP contribution in [0.4, 0.5) is 15.8 Å². The number of rotatable bonds is 13. The number of methoxy groups -OCH3 is 1. The van der Waals surface area contributed by atoms with E-state index in [1.54, 1.807) is 84.9 Å². The molecule has 5 aromatic rings. The quantitative estimate of drug-likeness (QED) is 0.112. The normalized spacial score (nSPS) is 11.3. The Morgan fingerprint density at radius 2 is 1.62 bits per heavy atom. The molecule has 1 heterocycles. The standard InChI is InChI=1S/C36H31FN2O5S/c1-43-36(42)32(38-31-14-6-5-13-30(31)34(40)26-9-3-2-4-10-26)23-25-16-18-29(19-17-25)44-21-20-39(28-12-7-11-27(37)24-28)35(41)33-15-8-22-45-33/h2-19,22,24,32,38H,20-21,23H2,1H3. The van der Waals surface area contributed by atoms with Crippen molar-refractivity contribution in [3.63, 3.8) is 0 Å². The summed E-state index contributed by atoms with van der Waals surface area (Å²) in [6.07, 6.45) is 0.295. The van der Waals surface area contributed by atoms with Crippen LogP contribution in [0.5, 0.6) is 5.75 Å². The van der Waals surface area contributed by atoms with Crippen LogP contribution in [0.3, 0.4) is 0 Å². The summed E-state index contributed by atoms with van der Waals surface area (Å²) in [5, 5.41) is 5.03. The molecule has 9 heteroatoms. The Labute approximate surface area is 264 Å². The van der Waals surface area contributed by atoms with E-state index in [-0.39, 0.29) is 24.8 Å². The molecule has 0 fully saturated rings. The lowest BCUT2D eigenvalue weighted by Crippen LogP contribution is -2.34. The first-order valence-corrected chi connectivity index (χ1v) is 15.2. The summed E-state index contributed by atoms with van der Waals surface area (Å²) in [5.74, 6) is -0.716. The molecule has 7 nitrogen and oxygen atoms in total. The summed E-state index contributed by atoms with van der Waals surface area (Å²) in [6.45, 7) is 0.378. The third-order valence-electron chi connectivity index (χ3n) is 7.07. The summed E-state index contributed by atoms with van der Waals surface area (Å²) in [7, 11) is 1.32. The summed E-state index contributed by atoms with van der Waals surface area (Å²) < 4.78 is 25.0. The number of nitrogens with one attached hydrogen (secondary N) is 1. The van der Waals surface area contributed by atoms with E-state index in [2.05, 4.69) is 5.32 Å². The summed E-state index contributed by atoms with van der Waals surface area (Å²) in [4.78, 5) is 41.2. The predicted octanol–water partition coefficient (Wildman–Crippen LogP) is 7.04. The molecule has 0 aliphatic carbocycles. The Morgan fingerprint density at radius 1 is 0.867 bits per heavy atom. The second kappa shape index (κ2) is 14.9. The van der Waals surface area contributed by atoms with Gasteiger partial charge in [0.05, 0.1) is 18.5 Å². The molecule has 1 N–H and O–H groups in total. The first-order valence-electron chi connectivity index (χ1n) is 14.3. The number of benzene rings is 4. The second-order valence-corrected chi connectivity index (χ2v) is 11.0. The zero-order valence-corrected chi connectivity index (χ0v) is 25.3. The second-order valence-electron chi connectivity index (χ2n) is 10.1. The fourth-order valence-electron chi connectivity index (χ4n) is 4.81. The maximum Gasteiger partial charge on any atom is 0.328 e. The maximum atomic E-state index is 14.0. The number of hydrogen-bond acceptors (Lipinski definition) is 7. The predicted molar refractivity (Wildman–Crippen MR) is 174 cm³/mol. The molecule has 1 atom stereocenters. The van der Waals surface area contributed by atoms with E-state index in [0.29, 0.717) is 39.5 Å². The van der Waals surface area contributed by atoms with Crippen molar-refractivity contribution in [1.82, 2.24) is 0 Å². The molecule has 0 bridgehead atoms. The smallest absolute Gasteiger partial charge is 0.328 e. The minimum atomic E-state index is -0.755. The number of ketones is 1. The molecule has 0 aliphatic heterocycles. The molecular weight excluding hydrogens is 591 g/mol. The van der Waals surface area contributed by atoms with Gasteiger partial charge < -0.3 is 19.7 Å². The van der Waals surface area contributed by atoms with Crippen LogP contribution < -0.4 is 15.0 Å². The first-order chi connectivity index (χ1) is 21.9. The largest absolute Gasteiger partial charge is 0.492 e. The van der Waals surface area contributed by atoms with Gasteiger partial charge in [0, 0.05) is 28.9 Å². The molecule has 0 aliphatic rings. The van der Waals surface area contributed by atoms with E-state index in [0.717, 1.165) is 5.56 Å². The van der Waals surface area contributed by atoms with Gasteiger partial charge in [-0.3, -0.25) is 9.59 Å². The molecule has 1 aromatic heterocycles. The van der Waals surface area contributed by atoms with Gasteiger partial charge in [-0.05, 0) is 59.5 Å². The third kappa shape index (κ3) is 8.01. The highest BCUT2D eigenvalue weighted by atomic mass is 32.1. The van der Waals surface area contributed by atoms with Crippen molar-refractivity contribution < 1.29 is 28.2 Å². The van der Waals surface area contributed by atoms with Crippen LogP contribution in [0.2, 0.25) is 0 Å². The lowest BCUT2D eigenvalue weighted by molar-refractivity contribution is -0.141. The summed E-state index contributed by atoms with van der Waals surface area (Å²) in [6, 6.07) is 31.9. The molecule has 0 saturated carbocycles. The van der Waals surface area contributed by atoms with E-state index >= 15 is 0 Å². The van der Waals surface area contributed by atoms with Gasteiger partial charge in [0.25, 0.3) is 5.91 Å². The fraction of sp³-hybridized carbons (Fsp3) is 0.139. The average molecular weight is 623 g/mol. The summed E-state index contributed by atoms with van der Waals surface area (Å²) in [5.41, 5.74) is 2.81. The first kappa shape index (κ1) is 31.2. The fourth-order valence-corrected chi connectivity index (χ4v) is 5.48. The van der Waals surface area contributed by atoms with E-state index in [1.807, 2.05) is 23.6 Å². The highest BCUT2D eigenvalue weighted by molar-refractivity contribution is 7.12. The summed E-state index contributed by atoms with van der Waals surface area (Å²) >= 11 is 1.32. The van der Waals surface area contributed by atoms with Crippen molar-refractivity contribution in [2.75, 3.05) is 30.5 Å². The van der Waals surface area contributed by atoms with Gasteiger partial charge >= 0.3 is 5.97 Å². The van der Waals surface area contributed by atoms with Gasteiger partial charge in [-0.1, -0.05) is 66.7 Å². The molecule has 0 spiro atoms. The molecule has 0 radical (unpaired) electrons. The van der Waals surface area contributed by atoms with Crippen molar-refractivity contribution in [2.24, 2.45) is 0 Å². The molecular formula is C36H31FN2O5S. The molecule has 0 saturated heterocycles. The molecule has 4 aromatic carbocycles. The van der Waals surface area contributed by atoms with Crippen LogP contribution >= 0.6 is 11.3 Å². The lowest BCUT2D eigenvalue weighted by Gasteiger charge is -2.22. The topological polar surface area (TPSA) is 84.9 Å².